The van der Waals surface area contributed by atoms with E-state index in [1.165, 1.54) is 43.4 Å². The predicted molar refractivity (Wildman–Crippen MR) is 122 cm³/mol. The number of benzene rings is 1. The molecular formula is C21H21FN6O5S. The van der Waals surface area contributed by atoms with Gasteiger partial charge >= 0.3 is 5.69 Å². The molecular weight excluding hydrogens is 467 g/mol. The summed E-state index contributed by atoms with van der Waals surface area (Å²) in [6.45, 7) is 2.65. The largest absolute Gasteiger partial charge is 0.496 e. The van der Waals surface area contributed by atoms with Crippen molar-refractivity contribution in [2.24, 2.45) is 5.73 Å². The molecule has 3 N–H and O–H groups in total. The number of ether oxygens (including phenoxy) is 1. The smallest absolute Gasteiger partial charge is 0.332 e. The van der Waals surface area contributed by atoms with Crippen molar-refractivity contribution in [3.05, 3.63) is 68.4 Å². The van der Waals surface area contributed by atoms with Crippen LogP contribution in [0.4, 0.5) is 4.39 Å². The Hall–Kier alpha value is -3.84. The first kappa shape index (κ1) is 23.3. The van der Waals surface area contributed by atoms with E-state index in [9.17, 15) is 23.9 Å². The molecule has 0 bridgehead atoms. The van der Waals surface area contributed by atoms with Crippen LogP contribution >= 0.6 is 11.3 Å². The first-order valence-corrected chi connectivity index (χ1v) is 10.9. The fourth-order valence-electron chi connectivity index (χ4n) is 3.73. The lowest BCUT2D eigenvalue weighted by Gasteiger charge is -2.19. The Morgan fingerprint density at radius 1 is 1.29 bits per heavy atom. The summed E-state index contributed by atoms with van der Waals surface area (Å²) >= 11 is 1.07. The van der Waals surface area contributed by atoms with Gasteiger partial charge in [-0.15, -0.1) is 4.80 Å². The minimum atomic E-state index is -1.38. The number of halogens is 1. The Bertz CT molecular complexity index is 1510. The molecule has 0 radical (unpaired) electrons. The van der Waals surface area contributed by atoms with Gasteiger partial charge in [0, 0.05) is 11.1 Å². The molecule has 0 fully saturated rings. The minimum absolute atomic E-state index is 0.116. The summed E-state index contributed by atoms with van der Waals surface area (Å²) in [6, 6.07) is 2.40. The van der Waals surface area contributed by atoms with E-state index in [-0.39, 0.29) is 28.1 Å². The number of carbonyl (C=O) groups is 1. The van der Waals surface area contributed by atoms with Crippen molar-refractivity contribution in [1.82, 2.24) is 24.1 Å². The SMILES string of the molecule is COc1ccc(F)cc1[C@@H](O)Cn1c(=O)n([C@H](C)C(N)=O)c(=O)c2c(C)c(-n3nccn3)sc21. The number of thiophene rings is 1. The number of aliphatic hydroxyl groups is 1. The van der Waals surface area contributed by atoms with Crippen LogP contribution in [0.15, 0.2) is 40.2 Å². The minimum Gasteiger partial charge on any atom is -0.496 e. The van der Waals surface area contributed by atoms with E-state index >= 15 is 0 Å². The van der Waals surface area contributed by atoms with E-state index in [0.717, 1.165) is 26.5 Å². The summed E-state index contributed by atoms with van der Waals surface area (Å²) in [6.07, 6.45) is 1.55. The highest BCUT2D eigenvalue weighted by Gasteiger charge is 2.27. The molecule has 3 aromatic heterocycles. The molecule has 1 aromatic carbocycles. The number of rotatable bonds is 7. The Morgan fingerprint density at radius 3 is 2.59 bits per heavy atom. The van der Waals surface area contributed by atoms with Gasteiger partial charge in [0.25, 0.3) is 5.56 Å². The van der Waals surface area contributed by atoms with Crippen LogP contribution in [0.3, 0.4) is 0 Å². The van der Waals surface area contributed by atoms with E-state index < -0.39 is 35.1 Å². The number of hydrogen-bond donors (Lipinski definition) is 2. The summed E-state index contributed by atoms with van der Waals surface area (Å²) in [5.74, 6) is -1.25. The number of carbonyl (C=O) groups excluding carboxylic acids is 1. The number of primary amides is 1. The van der Waals surface area contributed by atoms with Gasteiger partial charge in [-0.2, -0.15) is 10.2 Å². The van der Waals surface area contributed by atoms with E-state index in [1.807, 2.05) is 0 Å². The molecule has 4 rings (SSSR count). The second-order valence-electron chi connectivity index (χ2n) is 7.58. The molecule has 0 aliphatic rings. The van der Waals surface area contributed by atoms with Gasteiger partial charge in [-0.05, 0) is 32.0 Å². The molecule has 3 heterocycles. The molecule has 34 heavy (non-hydrogen) atoms. The molecule has 178 valence electrons. The molecule has 2 atom stereocenters. The van der Waals surface area contributed by atoms with Crippen LogP contribution in [0.2, 0.25) is 0 Å². The predicted octanol–water partition coefficient (Wildman–Crippen LogP) is 1.04. The molecule has 0 aliphatic carbocycles. The third-order valence-electron chi connectivity index (χ3n) is 5.52. The molecule has 0 aliphatic heterocycles. The number of aliphatic hydroxyl groups excluding tert-OH is 1. The Morgan fingerprint density at radius 2 is 1.97 bits per heavy atom. The van der Waals surface area contributed by atoms with Crippen LogP contribution in [0.1, 0.15) is 30.2 Å². The second-order valence-corrected chi connectivity index (χ2v) is 8.56. The first-order chi connectivity index (χ1) is 16.1. The number of aryl methyl sites for hydroxylation is 1. The van der Waals surface area contributed by atoms with Crippen molar-refractivity contribution in [2.45, 2.75) is 32.5 Å². The number of fused-ring (bicyclic) bond motifs is 1. The lowest BCUT2D eigenvalue weighted by atomic mass is 10.1. The molecule has 0 spiro atoms. The van der Waals surface area contributed by atoms with Crippen molar-refractivity contribution in [1.29, 1.82) is 0 Å². The van der Waals surface area contributed by atoms with Crippen molar-refractivity contribution in [3.63, 3.8) is 0 Å². The third-order valence-corrected chi connectivity index (χ3v) is 6.80. The topological polar surface area (TPSA) is 147 Å². The molecule has 1 amide bonds. The van der Waals surface area contributed by atoms with Gasteiger partial charge in [0.2, 0.25) is 5.91 Å². The van der Waals surface area contributed by atoms with E-state index in [4.69, 9.17) is 10.5 Å². The quantitative estimate of drug-likeness (QED) is 0.395. The number of amides is 1. The summed E-state index contributed by atoms with van der Waals surface area (Å²) in [5.41, 5.74) is 4.44. The van der Waals surface area contributed by atoms with Gasteiger partial charge in [-0.3, -0.25) is 14.2 Å². The normalized spacial score (nSPS) is 13.2. The Kier molecular flexibility index (Phi) is 6.06. The van der Waals surface area contributed by atoms with Crippen LogP contribution in [0.5, 0.6) is 5.75 Å². The third kappa shape index (κ3) is 3.78. The van der Waals surface area contributed by atoms with Gasteiger partial charge in [-0.1, -0.05) is 11.3 Å². The molecule has 0 unspecified atom stereocenters. The summed E-state index contributed by atoms with van der Waals surface area (Å²) in [7, 11) is 1.37. The van der Waals surface area contributed by atoms with Crippen molar-refractivity contribution < 1.29 is 19.0 Å². The fourth-order valence-corrected chi connectivity index (χ4v) is 4.95. The van der Waals surface area contributed by atoms with Gasteiger partial charge in [-0.25, -0.2) is 13.8 Å². The molecule has 13 heteroatoms. The number of hydrogen-bond acceptors (Lipinski definition) is 8. The maximum absolute atomic E-state index is 13.9. The number of aromatic nitrogens is 5. The zero-order valence-corrected chi connectivity index (χ0v) is 19.2. The first-order valence-electron chi connectivity index (χ1n) is 10.1. The summed E-state index contributed by atoms with van der Waals surface area (Å²) < 4.78 is 21.0. The van der Waals surface area contributed by atoms with E-state index in [1.54, 1.807) is 6.92 Å². The van der Waals surface area contributed by atoms with Crippen LogP contribution in [-0.2, 0) is 11.3 Å². The Balaban J connectivity index is 1.99. The van der Waals surface area contributed by atoms with Gasteiger partial charge in [0.15, 0.2) is 0 Å². The lowest BCUT2D eigenvalue weighted by Crippen LogP contribution is -2.45. The van der Waals surface area contributed by atoms with Crippen molar-refractivity contribution in [2.75, 3.05) is 7.11 Å². The molecule has 0 saturated carbocycles. The lowest BCUT2D eigenvalue weighted by molar-refractivity contribution is -0.120. The van der Waals surface area contributed by atoms with Crippen molar-refractivity contribution >= 4 is 27.5 Å². The fraction of sp³-hybridized carbons (Fsp3) is 0.286. The van der Waals surface area contributed by atoms with Gasteiger partial charge in [0.1, 0.15) is 33.5 Å². The van der Waals surface area contributed by atoms with E-state index in [2.05, 4.69) is 10.2 Å². The van der Waals surface area contributed by atoms with Crippen LogP contribution in [0, 0.1) is 12.7 Å². The maximum Gasteiger partial charge on any atom is 0.332 e. The zero-order valence-electron chi connectivity index (χ0n) is 18.4. The van der Waals surface area contributed by atoms with Crippen LogP contribution in [-0.4, -0.2) is 42.3 Å². The highest BCUT2D eigenvalue weighted by Crippen LogP contribution is 2.32. The number of methoxy groups -OCH3 is 1. The number of nitrogens with two attached hydrogens (primary N) is 1. The second kappa shape index (κ2) is 8.83. The highest BCUT2D eigenvalue weighted by molar-refractivity contribution is 7.21. The summed E-state index contributed by atoms with van der Waals surface area (Å²) in [5, 5.41) is 19.8. The summed E-state index contributed by atoms with van der Waals surface area (Å²) in [4.78, 5) is 40.2. The molecule has 11 nitrogen and oxygen atoms in total. The molecule has 4 aromatic rings. The van der Waals surface area contributed by atoms with E-state index in [0.29, 0.717) is 10.6 Å². The zero-order chi connectivity index (χ0) is 24.7. The van der Waals surface area contributed by atoms with Crippen molar-refractivity contribution in [3.8, 4) is 10.8 Å². The van der Waals surface area contributed by atoms with Crippen LogP contribution in [0.25, 0.3) is 15.2 Å². The Labute approximate surface area is 195 Å². The highest BCUT2D eigenvalue weighted by atomic mass is 32.1. The van der Waals surface area contributed by atoms with Gasteiger partial charge in [0.05, 0.1) is 31.4 Å². The standard InChI is InChI=1S/C21H21FN6O5S/c1-10-16-18(31)27(11(2)17(23)30)21(32)26(20(16)34-19(10)28-24-6-7-25-28)9-14(29)13-8-12(22)4-5-15(13)33-3/h4-8,11,14,29H,9H2,1-3H3,(H2,23,30)/t11-,14+/m1/s1. The monoisotopic (exact) mass is 488 g/mol. The molecule has 0 saturated heterocycles. The van der Waals surface area contributed by atoms with Gasteiger partial charge < -0.3 is 15.6 Å². The average Bonchev–Trinajstić information content (AvgIpc) is 3.44. The average molecular weight is 489 g/mol. The number of nitrogens with zero attached hydrogens (tertiary/aromatic N) is 5. The van der Waals surface area contributed by atoms with Crippen LogP contribution < -0.4 is 21.7 Å². The maximum atomic E-state index is 13.9.